The summed E-state index contributed by atoms with van der Waals surface area (Å²) in [6, 6.07) is 26.4. The van der Waals surface area contributed by atoms with E-state index in [-0.39, 0.29) is 6.10 Å². The van der Waals surface area contributed by atoms with Crippen molar-refractivity contribution in [3.05, 3.63) is 90.0 Å². The van der Waals surface area contributed by atoms with Crippen molar-refractivity contribution in [1.29, 1.82) is 0 Å². The predicted octanol–water partition coefficient (Wildman–Crippen LogP) is 5.66. The Morgan fingerprint density at radius 1 is 0.731 bits per heavy atom. The van der Waals surface area contributed by atoms with Crippen LogP contribution in [0.15, 0.2) is 78.9 Å². The van der Waals surface area contributed by atoms with E-state index in [1.165, 1.54) is 11.1 Å². The molecule has 0 saturated carbocycles. The molecule has 0 fully saturated rings. The molecule has 26 heavy (non-hydrogen) atoms. The third kappa shape index (κ3) is 5.55. The fraction of sp³-hybridized carbons (Fsp3) is 0.217. The highest BCUT2D eigenvalue weighted by atomic mass is 16.5. The summed E-state index contributed by atoms with van der Waals surface area (Å²) >= 11 is 0. The van der Waals surface area contributed by atoms with Gasteiger partial charge in [-0.1, -0.05) is 42.5 Å². The van der Waals surface area contributed by atoms with Gasteiger partial charge in [0.15, 0.2) is 0 Å². The Morgan fingerprint density at radius 3 is 2.04 bits per heavy atom. The standard InChI is InChI=1S/C23H25NO2/c1-18(2)26-23-12-8-19(9-13-23)16-24-21-10-14-22(15-11-21)25-17-20-6-4-3-5-7-20/h3-15,18,24H,16-17H2,1-2H3. The van der Waals surface area contributed by atoms with Gasteiger partial charge >= 0.3 is 0 Å². The van der Waals surface area contributed by atoms with Crippen LogP contribution in [-0.2, 0) is 13.2 Å². The molecule has 0 spiro atoms. The van der Waals surface area contributed by atoms with Crippen LogP contribution in [0.5, 0.6) is 11.5 Å². The summed E-state index contributed by atoms with van der Waals surface area (Å²) in [5, 5.41) is 3.43. The van der Waals surface area contributed by atoms with Crippen molar-refractivity contribution in [2.45, 2.75) is 33.1 Å². The fourth-order valence-electron chi connectivity index (χ4n) is 2.57. The zero-order valence-electron chi connectivity index (χ0n) is 15.3. The average Bonchev–Trinajstić information content (AvgIpc) is 2.67. The Bertz CT molecular complexity index is 781. The van der Waals surface area contributed by atoms with E-state index >= 15 is 0 Å². The lowest BCUT2D eigenvalue weighted by Crippen LogP contribution is -2.05. The molecule has 1 N–H and O–H groups in total. The number of anilines is 1. The van der Waals surface area contributed by atoms with E-state index in [1.807, 2.05) is 68.4 Å². The molecule has 0 unspecified atom stereocenters. The largest absolute Gasteiger partial charge is 0.491 e. The van der Waals surface area contributed by atoms with Crippen LogP contribution in [0.25, 0.3) is 0 Å². The molecular weight excluding hydrogens is 322 g/mol. The molecule has 0 amide bonds. The first-order valence-corrected chi connectivity index (χ1v) is 8.95. The second-order valence-electron chi connectivity index (χ2n) is 6.46. The van der Waals surface area contributed by atoms with Crippen LogP contribution in [0.3, 0.4) is 0 Å². The van der Waals surface area contributed by atoms with E-state index in [9.17, 15) is 0 Å². The first kappa shape index (κ1) is 17.9. The van der Waals surface area contributed by atoms with Crippen LogP contribution in [0.4, 0.5) is 5.69 Å². The van der Waals surface area contributed by atoms with Gasteiger partial charge in [0.25, 0.3) is 0 Å². The molecule has 3 nitrogen and oxygen atoms in total. The zero-order chi connectivity index (χ0) is 18.2. The molecular formula is C23H25NO2. The number of ether oxygens (including phenoxy) is 2. The monoisotopic (exact) mass is 347 g/mol. The minimum absolute atomic E-state index is 0.196. The lowest BCUT2D eigenvalue weighted by molar-refractivity contribution is 0.242. The molecule has 0 aromatic heterocycles. The summed E-state index contributed by atoms with van der Waals surface area (Å²) in [4.78, 5) is 0. The van der Waals surface area contributed by atoms with E-state index in [4.69, 9.17) is 9.47 Å². The summed E-state index contributed by atoms with van der Waals surface area (Å²) in [5.74, 6) is 1.78. The van der Waals surface area contributed by atoms with Crippen LogP contribution >= 0.6 is 0 Å². The highest BCUT2D eigenvalue weighted by molar-refractivity contribution is 5.47. The van der Waals surface area contributed by atoms with Crippen molar-refractivity contribution in [2.75, 3.05) is 5.32 Å². The first-order valence-electron chi connectivity index (χ1n) is 8.95. The van der Waals surface area contributed by atoms with Gasteiger partial charge in [0.1, 0.15) is 18.1 Å². The Kier molecular flexibility index (Phi) is 6.15. The SMILES string of the molecule is CC(C)Oc1ccc(CNc2ccc(OCc3ccccc3)cc2)cc1. The highest BCUT2D eigenvalue weighted by Gasteiger charge is 2.00. The molecule has 0 saturated heterocycles. The van der Waals surface area contributed by atoms with Gasteiger partial charge in [0.2, 0.25) is 0 Å². The highest BCUT2D eigenvalue weighted by Crippen LogP contribution is 2.19. The number of rotatable bonds is 8. The molecule has 3 aromatic carbocycles. The topological polar surface area (TPSA) is 30.5 Å². The maximum Gasteiger partial charge on any atom is 0.119 e. The molecule has 0 atom stereocenters. The van der Waals surface area contributed by atoms with E-state index in [0.29, 0.717) is 6.61 Å². The smallest absolute Gasteiger partial charge is 0.119 e. The molecule has 0 radical (unpaired) electrons. The average molecular weight is 347 g/mol. The molecule has 3 aromatic rings. The number of benzene rings is 3. The fourth-order valence-corrected chi connectivity index (χ4v) is 2.57. The Balaban J connectivity index is 1.48. The molecule has 0 aliphatic heterocycles. The Hall–Kier alpha value is -2.94. The van der Waals surface area contributed by atoms with Crippen molar-refractivity contribution in [1.82, 2.24) is 0 Å². The maximum absolute atomic E-state index is 5.81. The van der Waals surface area contributed by atoms with E-state index in [2.05, 4.69) is 29.6 Å². The van der Waals surface area contributed by atoms with Crippen molar-refractivity contribution in [3.63, 3.8) is 0 Å². The van der Waals surface area contributed by atoms with Gasteiger partial charge in [0, 0.05) is 12.2 Å². The van der Waals surface area contributed by atoms with Gasteiger partial charge in [-0.25, -0.2) is 0 Å². The molecule has 3 heteroatoms. The molecule has 3 rings (SSSR count). The molecule has 0 aliphatic carbocycles. The third-order valence-electron chi connectivity index (χ3n) is 3.89. The molecule has 0 heterocycles. The van der Waals surface area contributed by atoms with Gasteiger partial charge in [-0.15, -0.1) is 0 Å². The number of hydrogen-bond donors (Lipinski definition) is 1. The van der Waals surface area contributed by atoms with E-state index in [1.54, 1.807) is 0 Å². The van der Waals surface area contributed by atoms with Crippen LogP contribution < -0.4 is 14.8 Å². The van der Waals surface area contributed by atoms with E-state index in [0.717, 1.165) is 23.7 Å². The summed E-state index contributed by atoms with van der Waals surface area (Å²) in [6.07, 6.45) is 0.196. The van der Waals surface area contributed by atoms with Crippen molar-refractivity contribution in [2.24, 2.45) is 0 Å². The Labute approximate surface area is 155 Å². The van der Waals surface area contributed by atoms with Gasteiger partial charge in [-0.3, -0.25) is 0 Å². The van der Waals surface area contributed by atoms with Crippen molar-refractivity contribution < 1.29 is 9.47 Å². The van der Waals surface area contributed by atoms with Crippen LogP contribution in [0, 0.1) is 0 Å². The number of nitrogens with one attached hydrogen (secondary N) is 1. The Morgan fingerprint density at radius 2 is 1.38 bits per heavy atom. The van der Waals surface area contributed by atoms with E-state index < -0.39 is 0 Å². The predicted molar refractivity (Wildman–Crippen MR) is 107 cm³/mol. The second-order valence-corrected chi connectivity index (χ2v) is 6.46. The molecule has 0 bridgehead atoms. The van der Waals surface area contributed by atoms with Crippen LogP contribution in [-0.4, -0.2) is 6.10 Å². The summed E-state index contributed by atoms with van der Waals surface area (Å²) < 4.78 is 11.5. The molecule has 0 aliphatic rings. The summed E-state index contributed by atoms with van der Waals surface area (Å²) in [6.45, 7) is 5.41. The van der Waals surface area contributed by atoms with Gasteiger partial charge in [0.05, 0.1) is 6.10 Å². The lowest BCUT2D eigenvalue weighted by atomic mass is 10.2. The number of hydrogen-bond acceptors (Lipinski definition) is 3. The second kappa shape index (κ2) is 8.95. The first-order chi connectivity index (χ1) is 12.7. The summed E-state index contributed by atoms with van der Waals surface area (Å²) in [7, 11) is 0. The van der Waals surface area contributed by atoms with Gasteiger partial charge in [-0.2, -0.15) is 0 Å². The summed E-state index contributed by atoms with van der Waals surface area (Å²) in [5.41, 5.74) is 3.45. The van der Waals surface area contributed by atoms with Crippen LogP contribution in [0.2, 0.25) is 0 Å². The van der Waals surface area contributed by atoms with Gasteiger partial charge in [-0.05, 0) is 61.4 Å². The normalized spacial score (nSPS) is 10.6. The minimum Gasteiger partial charge on any atom is -0.491 e. The lowest BCUT2D eigenvalue weighted by Gasteiger charge is -2.11. The maximum atomic E-state index is 5.81. The van der Waals surface area contributed by atoms with Gasteiger partial charge < -0.3 is 14.8 Å². The zero-order valence-corrected chi connectivity index (χ0v) is 15.3. The quantitative estimate of drug-likeness (QED) is 0.570. The van der Waals surface area contributed by atoms with Crippen LogP contribution in [0.1, 0.15) is 25.0 Å². The molecule has 134 valence electrons. The van der Waals surface area contributed by atoms with Crippen molar-refractivity contribution in [3.8, 4) is 11.5 Å². The third-order valence-corrected chi connectivity index (χ3v) is 3.89. The van der Waals surface area contributed by atoms with Crippen molar-refractivity contribution >= 4 is 5.69 Å². The minimum atomic E-state index is 0.196.